The van der Waals surface area contributed by atoms with Gasteiger partial charge in [-0.25, -0.2) is 4.79 Å². The molecule has 0 bridgehead atoms. The average Bonchev–Trinajstić information content (AvgIpc) is 2.83. The van der Waals surface area contributed by atoms with Crippen molar-refractivity contribution < 1.29 is 9.59 Å². The second-order valence-electron chi connectivity index (χ2n) is 4.37. The van der Waals surface area contributed by atoms with Crippen LogP contribution in [0.2, 0.25) is 0 Å². The Balaban J connectivity index is 1.93. The SMILES string of the molecule is Cn1cccc1C(=O)NCc1ccc(NC(N)=O)cc1. The first-order chi connectivity index (χ1) is 9.56. The number of hydrogen-bond donors (Lipinski definition) is 3. The van der Waals surface area contributed by atoms with E-state index in [0.29, 0.717) is 17.9 Å². The van der Waals surface area contributed by atoms with Crippen LogP contribution in [0.25, 0.3) is 0 Å². The summed E-state index contributed by atoms with van der Waals surface area (Å²) in [5.74, 6) is -0.128. The Morgan fingerprint density at radius 1 is 1.20 bits per heavy atom. The third-order valence-corrected chi connectivity index (χ3v) is 2.85. The summed E-state index contributed by atoms with van der Waals surface area (Å²) in [7, 11) is 1.82. The van der Waals surface area contributed by atoms with Gasteiger partial charge in [-0.15, -0.1) is 0 Å². The fraction of sp³-hybridized carbons (Fsp3) is 0.143. The number of aryl methyl sites for hydroxylation is 1. The summed E-state index contributed by atoms with van der Waals surface area (Å²) in [6.07, 6.45) is 1.82. The van der Waals surface area contributed by atoms with Crippen LogP contribution in [0, 0.1) is 0 Å². The zero-order valence-electron chi connectivity index (χ0n) is 11.1. The van der Waals surface area contributed by atoms with E-state index in [1.54, 1.807) is 22.8 Å². The third kappa shape index (κ3) is 3.38. The van der Waals surface area contributed by atoms with Crippen molar-refractivity contribution in [2.24, 2.45) is 12.8 Å². The van der Waals surface area contributed by atoms with Gasteiger partial charge >= 0.3 is 6.03 Å². The second-order valence-corrected chi connectivity index (χ2v) is 4.37. The molecule has 20 heavy (non-hydrogen) atoms. The molecule has 0 fully saturated rings. The Labute approximate surface area is 116 Å². The molecule has 4 N–H and O–H groups in total. The Morgan fingerprint density at radius 3 is 2.45 bits per heavy atom. The van der Waals surface area contributed by atoms with Crippen LogP contribution in [0.4, 0.5) is 10.5 Å². The van der Waals surface area contributed by atoms with Crippen LogP contribution < -0.4 is 16.4 Å². The van der Waals surface area contributed by atoms with Crippen molar-refractivity contribution in [2.75, 3.05) is 5.32 Å². The highest BCUT2D eigenvalue weighted by Crippen LogP contribution is 2.09. The zero-order chi connectivity index (χ0) is 14.5. The number of benzene rings is 1. The highest BCUT2D eigenvalue weighted by molar-refractivity contribution is 5.92. The van der Waals surface area contributed by atoms with Crippen molar-refractivity contribution in [3.05, 3.63) is 53.9 Å². The maximum Gasteiger partial charge on any atom is 0.316 e. The molecule has 1 aromatic carbocycles. The van der Waals surface area contributed by atoms with Gasteiger partial charge in [-0.05, 0) is 29.8 Å². The van der Waals surface area contributed by atoms with Crippen LogP contribution in [-0.2, 0) is 13.6 Å². The van der Waals surface area contributed by atoms with Gasteiger partial charge in [-0.3, -0.25) is 4.79 Å². The molecular weight excluding hydrogens is 256 g/mol. The van der Waals surface area contributed by atoms with Crippen molar-refractivity contribution in [1.82, 2.24) is 9.88 Å². The number of nitrogens with two attached hydrogens (primary N) is 1. The lowest BCUT2D eigenvalue weighted by Gasteiger charge is -2.07. The number of carbonyl (C=O) groups is 2. The van der Waals surface area contributed by atoms with Crippen molar-refractivity contribution in [2.45, 2.75) is 6.54 Å². The topological polar surface area (TPSA) is 89.2 Å². The van der Waals surface area contributed by atoms with E-state index in [2.05, 4.69) is 10.6 Å². The summed E-state index contributed by atoms with van der Waals surface area (Å²) >= 11 is 0. The molecule has 1 heterocycles. The number of rotatable bonds is 4. The highest BCUT2D eigenvalue weighted by Gasteiger charge is 2.07. The number of primary amides is 1. The molecule has 0 radical (unpaired) electrons. The minimum Gasteiger partial charge on any atom is -0.351 e. The summed E-state index contributed by atoms with van der Waals surface area (Å²) < 4.78 is 1.76. The van der Waals surface area contributed by atoms with Gasteiger partial charge in [-0.1, -0.05) is 12.1 Å². The Hall–Kier alpha value is -2.76. The first kappa shape index (κ1) is 13.7. The summed E-state index contributed by atoms with van der Waals surface area (Å²) in [6, 6.07) is 10.1. The monoisotopic (exact) mass is 272 g/mol. The van der Waals surface area contributed by atoms with Gasteiger partial charge in [0.05, 0.1) is 0 Å². The molecule has 0 saturated carbocycles. The van der Waals surface area contributed by atoms with Gasteiger partial charge < -0.3 is 20.9 Å². The molecule has 0 atom stereocenters. The van der Waals surface area contributed by atoms with E-state index in [-0.39, 0.29) is 5.91 Å². The van der Waals surface area contributed by atoms with E-state index in [4.69, 9.17) is 5.73 Å². The molecule has 0 aliphatic carbocycles. The smallest absolute Gasteiger partial charge is 0.316 e. The van der Waals surface area contributed by atoms with E-state index >= 15 is 0 Å². The molecule has 104 valence electrons. The molecule has 0 spiro atoms. The van der Waals surface area contributed by atoms with Crippen LogP contribution in [0.5, 0.6) is 0 Å². The zero-order valence-corrected chi connectivity index (χ0v) is 11.1. The third-order valence-electron chi connectivity index (χ3n) is 2.85. The molecule has 2 rings (SSSR count). The molecule has 3 amide bonds. The second kappa shape index (κ2) is 5.92. The number of amides is 3. The van der Waals surface area contributed by atoms with Crippen molar-refractivity contribution in [3.63, 3.8) is 0 Å². The minimum absolute atomic E-state index is 0.128. The van der Waals surface area contributed by atoms with Crippen molar-refractivity contribution in [3.8, 4) is 0 Å². The largest absolute Gasteiger partial charge is 0.351 e. The summed E-state index contributed by atoms with van der Waals surface area (Å²) in [5.41, 5.74) is 7.18. The lowest BCUT2D eigenvalue weighted by molar-refractivity contribution is 0.0943. The Morgan fingerprint density at radius 2 is 1.90 bits per heavy atom. The number of nitrogens with zero attached hydrogens (tertiary/aromatic N) is 1. The maximum absolute atomic E-state index is 11.9. The van der Waals surface area contributed by atoms with Crippen LogP contribution in [0.3, 0.4) is 0 Å². The van der Waals surface area contributed by atoms with Gasteiger partial charge in [0.2, 0.25) is 0 Å². The highest BCUT2D eigenvalue weighted by atomic mass is 16.2. The minimum atomic E-state index is -0.602. The Bertz CT molecular complexity index is 616. The van der Waals surface area contributed by atoms with Crippen molar-refractivity contribution >= 4 is 17.6 Å². The predicted molar refractivity (Wildman–Crippen MR) is 76.2 cm³/mol. The van der Waals surface area contributed by atoms with E-state index in [9.17, 15) is 9.59 Å². The van der Waals surface area contributed by atoms with Crippen LogP contribution in [0.1, 0.15) is 16.1 Å². The number of aromatic nitrogens is 1. The first-order valence-corrected chi connectivity index (χ1v) is 6.11. The predicted octanol–water partition coefficient (Wildman–Crippen LogP) is 1.45. The molecule has 0 aliphatic heterocycles. The van der Waals surface area contributed by atoms with Crippen LogP contribution >= 0.6 is 0 Å². The number of carbonyl (C=O) groups excluding carboxylic acids is 2. The fourth-order valence-electron chi connectivity index (χ4n) is 1.82. The molecule has 0 unspecified atom stereocenters. The van der Waals surface area contributed by atoms with Gasteiger partial charge in [-0.2, -0.15) is 0 Å². The van der Waals surface area contributed by atoms with E-state index in [1.807, 2.05) is 31.4 Å². The Kier molecular flexibility index (Phi) is 4.05. The summed E-state index contributed by atoms with van der Waals surface area (Å²) in [6.45, 7) is 0.418. The van der Waals surface area contributed by atoms with Crippen molar-refractivity contribution in [1.29, 1.82) is 0 Å². The fourth-order valence-corrected chi connectivity index (χ4v) is 1.82. The quantitative estimate of drug-likeness (QED) is 0.786. The van der Waals surface area contributed by atoms with Gasteiger partial charge in [0.1, 0.15) is 5.69 Å². The summed E-state index contributed by atoms with van der Waals surface area (Å²) in [5, 5.41) is 5.31. The number of urea groups is 1. The molecule has 0 aliphatic rings. The first-order valence-electron chi connectivity index (χ1n) is 6.11. The normalized spacial score (nSPS) is 10.1. The molecule has 1 aromatic heterocycles. The maximum atomic E-state index is 11.9. The van der Waals surface area contributed by atoms with Gasteiger partial charge in [0.15, 0.2) is 0 Å². The van der Waals surface area contributed by atoms with Crippen LogP contribution in [0.15, 0.2) is 42.6 Å². The van der Waals surface area contributed by atoms with Gasteiger partial charge in [0, 0.05) is 25.5 Å². The molecule has 6 nitrogen and oxygen atoms in total. The standard InChI is InChI=1S/C14H16N4O2/c1-18-8-2-3-12(18)13(19)16-9-10-4-6-11(7-5-10)17-14(15)20/h2-8H,9H2,1H3,(H,16,19)(H3,15,17,20). The molecule has 2 aromatic rings. The van der Waals surface area contributed by atoms with E-state index in [0.717, 1.165) is 5.56 Å². The number of hydrogen-bond acceptors (Lipinski definition) is 2. The lowest BCUT2D eigenvalue weighted by Crippen LogP contribution is -2.24. The summed E-state index contributed by atoms with van der Waals surface area (Å²) in [4.78, 5) is 22.6. The number of anilines is 1. The van der Waals surface area contributed by atoms with Crippen LogP contribution in [-0.4, -0.2) is 16.5 Å². The molecular formula is C14H16N4O2. The average molecular weight is 272 g/mol. The number of nitrogens with one attached hydrogen (secondary N) is 2. The molecule has 0 saturated heterocycles. The van der Waals surface area contributed by atoms with E-state index in [1.165, 1.54) is 0 Å². The van der Waals surface area contributed by atoms with E-state index < -0.39 is 6.03 Å². The molecule has 6 heteroatoms. The van der Waals surface area contributed by atoms with Gasteiger partial charge in [0.25, 0.3) is 5.91 Å². The lowest BCUT2D eigenvalue weighted by atomic mass is 10.2.